The van der Waals surface area contributed by atoms with Gasteiger partial charge in [0.25, 0.3) is 0 Å². The van der Waals surface area contributed by atoms with E-state index in [1.54, 1.807) is 0 Å². The van der Waals surface area contributed by atoms with Gasteiger partial charge in [0.2, 0.25) is 0 Å². The molecule has 1 saturated carbocycles. The van der Waals surface area contributed by atoms with Crippen LogP contribution < -0.4 is 10.2 Å². The molecule has 1 heterocycles. The number of benzene rings is 1. The van der Waals surface area contributed by atoms with Gasteiger partial charge in [0.05, 0.1) is 17.6 Å². The van der Waals surface area contributed by atoms with Gasteiger partial charge in [-0.3, -0.25) is 4.98 Å². The molecule has 110 valence electrons. The summed E-state index contributed by atoms with van der Waals surface area (Å²) >= 11 is 6.06. The summed E-state index contributed by atoms with van der Waals surface area (Å²) in [6, 6.07) is 10.8. The van der Waals surface area contributed by atoms with Gasteiger partial charge >= 0.3 is 0 Å². The summed E-state index contributed by atoms with van der Waals surface area (Å²) in [6.45, 7) is 0. The van der Waals surface area contributed by atoms with Crippen LogP contribution in [-0.2, 0) is 0 Å². The van der Waals surface area contributed by atoms with E-state index < -0.39 is 0 Å². The summed E-state index contributed by atoms with van der Waals surface area (Å²) in [5.41, 5.74) is 3.63. The van der Waals surface area contributed by atoms with Crippen molar-refractivity contribution in [3.63, 3.8) is 0 Å². The third-order valence-electron chi connectivity index (χ3n) is 4.10. The van der Waals surface area contributed by atoms with Gasteiger partial charge in [-0.05, 0) is 42.5 Å². The molecule has 1 N–H and O–H groups in total. The Hall–Kier alpha value is -1.74. The van der Waals surface area contributed by atoms with Crippen LogP contribution in [-0.4, -0.2) is 25.1 Å². The minimum Gasteiger partial charge on any atom is -0.379 e. The summed E-state index contributed by atoms with van der Waals surface area (Å²) in [7, 11) is 4.10. The van der Waals surface area contributed by atoms with Crippen LogP contribution in [0.2, 0.25) is 5.02 Å². The van der Waals surface area contributed by atoms with Crippen LogP contribution in [0, 0.1) is 0 Å². The van der Waals surface area contributed by atoms with Gasteiger partial charge in [-0.25, -0.2) is 0 Å². The van der Waals surface area contributed by atoms with Crippen molar-refractivity contribution in [2.24, 2.45) is 0 Å². The maximum atomic E-state index is 6.06. The number of nitrogens with zero attached hydrogens (tertiary/aromatic N) is 2. The number of pyridine rings is 1. The number of anilines is 2. The number of halogens is 1. The molecule has 1 aliphatic rings. The van der Waals surface area contributed by atoms with Gasteiger partial charge in [0.15, 0.2) is 0 Å². The largest absolute Gasteiger partial charge is 0.379 e. The second kappa shape index (κ2) is 5.94. The molecule has 0 amide bonds. The van der Waals surface area contributed by atoms with Gasteiger partial charge in [-0.15, -0.1) is 0 Å². The molecule has 4 heteroatoms. The number of hydrogen-bond donors (Lipinski definition) is 1. The van der Waals surface area contributed by atoms with E-state index in [9.17, 15) is 0 Å². The summed E-state index contributed by atoms with van der Waals surface area (Å²) in [5.74, 6) is 0.612. The van der Waals surface area contributed by atoms with Crippen molar-refractivity contribution in [3.05, 3.63) is 53.3 Å². The maximum Gasteiger partial charge on any atom is 0.0766 e. The lowest BCUT2D eigenvalue weighted by molar-refractivity contribution is 0.374. The molecule has 2 aromatic rings. The van der Waals surface area contributed by atoms with Crippen LogP contribution in [0.1, 0.15) is 24.3 Å². The molecule has 0 radical (unpaired) electrons. The highest BCUT2D eigenvalue weighted by atomic mass is 35.5. The Morgan fingerprint density at radius 2 is 2.05 bits per heavy atom. The topological polar surface area (TPSA) is 28.2 Å². The van der Waals surface area contributed by atoms with E-state index >= 15 is 0 Å². The molecular formula is C17H20ClN3. The predicted octanol–water partition coefficient (Wildman–Crippen LogP) is 4.16. The average Bonchev–Trinajstić information content (AvgIpc) is 2.42. The Morgan fingerprint density at radius 1 is 1.24 bits per heavy atom. The summed E-state index contributed by atoms with van der Waals surface area (Å²) in [4.78, 5) is 6.33. The van der Waals surface area contributed by atoms with Gasteiger partial charge in [-0.2, -0.15) is 0 Å². The third-order valence-corrected chi connectivity index (χ3v) is 4.33. The highest BCUT2D eigenvalue weighted by Crippen LogP contribution is 2.40. The van der Waals surface area contributed by atoms with Gasteiger partial charge in [-0.1, -0.05) is 23.7 Å². The lowest BCUT2D eigenvalue weighted by Gasteiger charge is -2.37. The Labute approximate surface area is 131 Å². The number of rotatable bonds is 4. The van der Waals surface area contributed by atoms with E-state index in [2.05, 4.69) is 41.4 Å². The molecule has 0 atom stereocenters. The van der Waals surface area contributed by atoms with Crippen LogP contribution in [0.5, 0.6) is 0 Å². The van der Waals surface area contributed by atoms with Gasteiger partial charge < -0.3 is 10.2 Å². The zero-order valence-electron chi connectivity index (χ0n) is 12.4. The van der Waals surface area contributed by atoms with Gasteiger partial charge in [0, 0.05) is 31.4 Å². The fourth-order valence-corrected chi connectivity index (χ4v) is 3.08. The van der Waals surface area contributed by atoms with Crippen LogP contribution >= 0.6 is 11.6 Å². The lowest BCUT2D eigenvalue weighted by atomic mass is 9.76. The van der Waals surface area contributed by atoms with E-state index in [-0.39, 0.29) is 0 Å². The third kappa shape index (κ3) is 3.13. The van der Waals surface area contributed by atoms with Crippen molar-refractivity contribution in [2.45, 2.75) is 24.8 Å². The fraction of sp³-hybridized carbons (Fsp3) is 0.353. The fourth-order valence-electron chi connectivity index (χ4n) is 2.88. The Balaban J connectivity index is 1.63. The maximum absolute atomic E-state index is 6.06. The first-order valence-electron chi connectivity index (χ1n) is 7.27. The Bertz CT molecular complexity index is 621. The lowest BCUT2D eigenvalue weighted by Crippen LogP contribution is -2.34. The molecule has 1 aliphatic carbocycles. The first-order chi connectivity index (χ1) is 10.1. The van der Waals surface area contributed by atoms with Crippen LogP contribution in [0.25, 0.3) is 0 Å². The molecular weight excluding hydrogens is 282 g/mol. The number of nitrogens with one attached hydrogen (secondary N) is 1. The highest BCUT2D eigenvalue weighted by Gasteiger charge is 2.30. The van der Waals surface area contributed by atoms with Crippen molar-refractivity contribution in [3.8, 4) is 0 Å². The highest BCUT2D eigenvalue weighted by molar-refractivity contribution is 6.30. The molecule has 3 nitrogen and oxygen atoms in total. The monoisotopic (exact) mass is 301 g/mol. The SMILES string of the molecule is CN(C)c1ccncc1NC1CC(c2cccc(Cl)c2)C1. The first-order valence-corrected chi connectivity index (χ1v) is 7.64. The molecule has 0 spiro atoms. The average molecular weight is 302 g/mol. The van der Waals surface area contributed by atoms with E-state index in [0.29, 0.717) is 12.0 Å². The second-order valence-corrected chi connectivity index (χ2v) is 6.29. The van der Waals surface area contributed by atoms with E-state index in [0.717, 1.165) is 23.6 Å². The molecule has 0 aliphatic heterocycles. The molecule has 0 bridgehead atoms. The van der Waals surface area contributed by atoms with Gasteiger partial charge in [0.1, 0.15) is 0 Å². The molecule has 0 saturated heterocycles. The standard InChI is InChI=1S/C17H20ClN3/c1-21(2)17-6-7-19-11-16(17)20-15-9-13(10-15)12-4-3-5-14(18)8-12/h3-8,11,13,15,20H,9-10H2,1-2H3. The van der Waals surface area contributed by atoms with Crippen molar-refractivity contribution in [2.75, 3.05) is 24.3 Å². The minimum atomic E-state index is 0.511. The Morgan fingerprint density at radius 3 is 2.76 bits per heavy atom. The van der Waals surface area contributed by atoms with E-state index in [1.807, 2.05) is 30.6 Å². The molecule has 1 aromatic carbocycles. The normalized spacial score (nSPS) is 20.7. The molecule has 1 fully saturated rings. The van der Waals surface area contributed by atoms with Crippen molar-refractivity contribution in [1.82, 2.24) is 4.98 Å². The predicted molar refractivity (Wildman–Crippen MR) is 89.4 cm³/mol. The molecule has 1 aromatic heterocycles. The quantitative estimate of drug-likeness (QED) is 0.919. The van der Waals surface area contributed by atoms with E-state index in [1.165, 1.54) is 11.3 Å². The molecule has 3 rings (SSSR count). The summed E-state index contributed by atoms with van der Waals surface area (Å²) < 4.78 is 0. The zero-order chi connectivity index (χ0) is 14.8. The van der Waals surface area contributed by atoms with Crippen molar-refractivity contribution < 1.29 is 0 Å². The number of hydrogen-bond acceptors (Lipinski definition) is 3. The van der Waals surface area contributed by atoms with Crippen LogP contribution in [0.4, 0.5) is 11.4 Å². The molecule has 0 unspecified atom stereocenters. The second-order valence-electron chi connectivity index (χ2n) is 5.85. The van der Waals surface area contributed by atoms with Crippen molar-refractivity contribution in [1.29, 1.82) is 0 Å². The van der Waals surface area contributed by atoms with Crippen LogP contribution in [0.3, 0.4) is 0 Å². The van der Waals surface area contributed by atoms with E-state index in [4.69, 9.17) is 11.6 Å². The van der Waals surface area contributed by atoms with Crippen LogP contribution in [0.15, 0.2) is 42.7 Å². The number of aromatic nitrogens is 1. The van der Waals surface area contributed by atoms with Crippen molar-refractivity contribution >= 4 is 23.0 Å². The zero-order valence-corrected chi connectivity index (χ0v) is 13.1. The Kier molecular flexibility index (Phi) is 4.02. The minimum absolute atomic E-state index is 0.511. The summed E-state index contributed by atoms with van der Waals surface area (Å²) in [5, 5.41) is 4.43. The first kappa shape index (κ1) is 14.2. The smallest absolute Gasteiger partial charge is 0.0766 e. The molecule has 21 heavy (non-hydrogen) atoms. The summed E-state index contributed by atoms with van der Waals surface area (Å²) in [6.07, 6.45) is 6.02.